The minimum absolute atomic E-state index is 0.646. The van der Waals surface area contributed by atoms with Crippen molar-refractivity contribution in [1.29, 1.82) is 0 Å². The Morgan fingerprint density at radius 2 is 0.923 bits per heavy atom. The van der Waals surface area contributed by atoms with Crippen LogP contribution in [0.2, 0.25) is 0 Å². The highest BCUT2D eigenvalue weighted by Crippen LogP contribution is 2.23. The van der Waals surface area contributed by atoms with Crippen LogP contribution in [0, 0.1) is 0 Å². The summed E-state index contributed by atoms with van der Waals surface area (Å²) in [7, 11) is 0. The molecule has 0 aliphatic carbocycles. The molecule has 26 heavy (non-hydrogen) atoms. The van der Waals surface area contributed by atoms with Crippen molar-refractivity contribution in [2.75, 3.05) is 13.1 Å². The van der Waals surface area contributed by atoms with Gasteiger partial charge in [-0.05, 0) is 25.7 Å². The van der Waals surface area contributed by atoms with E-state index in [0.717, 1.165) is 0 Å². The Morgan fingerprint density at radius 1 is 0.500 bits per heavy atom. The van der Waals surface area contributed by atoms with Gasteiger partial charge >= 0.3 is 0 Å². The molecule has 0 N–H and O–H groups in total. The molecule has 154 valence electrons. The van der Waals surface area contributed by atoms with Crippen LogP contribution in [0.1, 0.15) is 124 Å². The van der Waals surface area contributed by atoms with E-state index < -0.39 is 0 Å². The first kappa shape index (κ1) is 23.4. The molecule has 0 saturated carbocycles. The summed E-state index contributed by atoms with van der Waals surface area (Å²) in [4.78, 5) is 5.27. The topological polar surface area (TPSA) is 6.48 Å². The summed E-state index contributed by atoms with van der Waals surface area (Å²) < 4.78 is 0. The number of hydrogen-bond acceptors (Lipinski definition) is 2. The summed E-state index contributed by atoms with van der Waals surface area (Å²) >= 11 is 0. The van der Waals surface area contributed by atoms with Crippen molar-refractivity contribution < 1.29 is 0 Å². The quantitative estimate of drug-likeness (QED) is 0.230. The Labute approximate surface area is 165 Å². The van der Waals surface area contributed by atoms with Crippen molar-refractivity contribution in [2.45, 2.75) is 130 Å². The van der Waals surface area contributed by atoms with Gasteiger partial charge in [-0.2, -0.15) is 0 Å². The average molecular weight is 365 g/mol. The third kappa shape index (κ3) is 10.5. The maximum atomic E-state index is 2.65. The smallest absolute Gasteiger partial charge is 0.101 e. The normalized spacial score (nSPS) is 16.8. The Balaban J connectivity index is 2.25. The number of unbranched alkanes of at least 4 members (excludes halogenated alkanes) is 12. The van der Waals surface area contributed by atoms with Crippen LogP contribution < -0.4 is 0 Å². The second kappa shape index (κ2) is 16.5. The van der Waals surface area contributed by atoms with Gasteiger partial charge in [-0.25, -0.2) is 0 Å². The van der Waals surface area contributed by atoms with E-state index in [1.807, 2.05) is 0 Å². The van der Waals surface area contributed by atoms with Crippen LogP contribution in [0.4, 0.5) is 0 Å². The van der Waals surface area contributed by atoms with Gasteiger partial charge in [0.05, 0.1) is 0 Å². The van der Waals surface area contributed by atoms with Gasteiger partial charge in [-0.15, -0.1) is 0 Å². The highest BCUT2D eigenvalue weighted by molar-refractivity contribution is 4.96. The lowest BCUT2D eigenvalue weighted by molar-refractivity contribution is 0.136. The van der Waals surface area contributed by atoms with E-state index in [4.69, 9.17) is 0 Å². The fourth-order valence-electron chi connectivity index (χ4n) is 4.04. The molecule has 0 aromatic carbocycles. The molecule has 1 unspecified atom stereocenters. The second-order valence-corrected chi connectivity index (χ2v) is 8.29. The Morgan fingerprint density at radius 3 is 1.46 bits per heavy atom. The summed E-state index contributed by atoms with van der Waals surface area (Å²) in [6.07, 6.45) is 27.7. The van der Waals surface area contributed by atoms with Crippen molar-refractivity contribution in [3.05, 3.63) is 12.4 Å². The van der Waals surface area contributed by atoms with E-state index in [2.05, 4.69) is 43.0 Å². The van der Waals surface area contributed by atoms with E-state index in [0.29, 0.717) is 6.17 Å². The molecular formula is C24H48N2. The van der Waals surface area contributed by atoms with Gasteiger partial charge in [-0.3, -0.25) is 0 Å². The van der Waals surface area contributed by atoms with Crippen molar-refractivity contribution in [1.82, 2.24) is 9.80 Å². The van der Waals surface area contributed by atoms with Gasteiger partial charge in [0.15, 0.2) is 0 Å². The van der Waals surface area contributed by atoms with Crippen LogP contribution in [-0.4, -0.2) is 29.1 Å². The molecule has 2 heteroatoms. The molecule has 0 spiro atoms. The first-order chi connectivity index (χ1) is 12.8. The zero-order chi connectivity index (χ0) is 18.9. The molecule has 0 amide bonds. The largest absolute Gasteiger partial charge is 0.356 e. The zero-order valence-electron chi connectivity index (χ0n) is 18.4. The molecule has 1 aliphatic rings. The monoisotopic (exact) mass is 364 g/mol. The van der Waals surface area contributed by atoms with Gasteiger partial charge in [0.1, 0.15) is 6.17 Å². The highest BCUT2D eigenvalue weighted by atomic mass is 15.4. The Kier molecular flexibility index (Phi) is 14.8. The standard InChI is InChI=1S/C24H48N2/c1-4-7-10-12-14-16-18-21-26-23-22-25(20-9-6-3)24(26)19-17-15-13-11-8-5-2/h22-24H,4-21H2,1-3H3. The lowest BCUT2D eigenvalue weighted by atomic mass is 10.1. The molecule has 0 aromatic rings. The van der Waals surface area contributed by atoms with E-state index in [9.17, 15) is 0 Å². The molecule has 0 aromatic heterocycles. The minimum atomic E-state index is 0.646. The lowest BCUT2D eigenvalue weighted by Gasteiger charge is -2.33. The third-order valence-electron chi connectivity index (χ3n) is 5.82. The van der Waals surface area contributed by atoms with Gasteiger partial charge in [0, 0.05) is 25.5 Å². The lowest BCUT2D eigenvalue weighted by Crippen LogP contribution is -2.39. The maximum absolute atomic E-state index is 2.65. The van der Waals surface area contributed by atoms with E-state index in [1.54, 1.807) is 0 Å². The summed E-state index contributed by atoms with van der Waals surface area (Å²) in [6, 6.07) is 0. The van der Waals surface area contributed by atoms with Crippen LogP contribution in [0.3, 0.4) is 0 Å². The molecule has 2 nitrogen and oxygen atoms in total. The molecule has 1 heterocycles. The molecule has 1 rings (SSSR count). The fraction of sp³-hybridized carbons (Fsp3) is 0.917. The first-order valence-corrected chi connectivity index (χ1v) is 12.0. The van der Waals surface area contributed by atoms with Crippen LogP contribution >= 0.6 is 0 Å². The van der Waals surface area contributed by atoms with Crippen LogP contribution in [-0.2, 0) is 0 Å². The zero-order valence-corrected chi connectivity index (χ0v) is 18.4. The first-order valence-electron chi connectivity index (χ1n) is 12.0. The van der Waals surface area contributed by atoms with Crippen molar-refractivity contribution in [2.24, 2.45) is 0 Å². The molecule has 0 fully saturated rings. The summed E-state index contributed by atoms with van der Waals surface area (Å²) in [5.41, 5.74) is 0. The predicted octanol–water partition coefficient (Wildman–Crippen LogP) is 7.70. The van der Waals surface area contributed by atoms with Crippen molar-refractivity contribution >= 4 is 0 Å². The highest BCUT2D eigenvalue weighted by Gasteiger charge is 2.24. The maximum Gasteiger partial charge on any atom is 0.101 e. The van der Waals surface area contributed by atoms with Crippen molar-refractivity contribution in [3.63, 3.8) is 0 Å². The van der Waals surface area contributed by atoms with Crippen LogP contribution in [0.5, 0.6) is 0 Å². The SMILES string of the molecule is CCCCCCCCCN1C=CN(CCCC)C1CCCCCCCC. The number of hydrogen-bond donors (Lipinski definition) is 0. The molecule has 1 atom stereocenters. The number of nitrogens with zero attached hydrogens (tertiary/aromatic N) is 2. The van der Waals surface area contributed by atoms with Gasteiger partial charge in [0.25, 0.3) is 0 Å². The molecule has 0 radical (unpaired) electrons. The van der Waals surface area contributed by atoms with Crippen LogP contribution in [0.25, 0.3) is 0 Å². The molecule has 0 saturated heterocycles. The number of rotatable bonds is 18. The van der Waals surface area contributed by atoms with Gasteiger partial charge in [0.2, 0.25) is 0 Å². The summed E-state index contributed by atoms with van der Waals surface area (Å²) in [6.45, 7) is 9.40. The van der Waals surface area contributed by atoms with Gasteiger partial charge in [-0.1, -0.05) is 97.8 Å². The molecule has 1 aliphatic heterocycles. The van der Waals surface area contributed by atoms with Crippen LogP contribution in [0.15, 0.2) is 12.4 Å². The third-order valence-corrected chi connectivity index (χ3v) is 5.82. The molecular weight excluding hydrogens is 316 g/mol. The average Bonchev–Trinajstić information content (AvgIpc) is 3.04. The minimum Gasteiger partial charge on any atom is -0.356 e. The van der Waals surface area contributed by atoms with E-state index in [1.165, 1.54) is 116 Å². The van der Waals surface area contributed by atoms with Gasteiger partial charge < -0.3 is 9.80 Å². The Hall–Kier alpha value is -0.660. The summed E-state index contributed by atoms with van der Waals surface area (Å²) in [5.74, 6) is 0. The van der Waals surface area contributed by atoms with Crippen molar-refractivity contribution in [3.8, 4) is 0 Å². The molecule has 0 bridgehead atoms. The van der Waals surface area contributed by atoms with E-state index >= 15 is 0 Å². The second-order valence-electron chi connectivity index (χ2n) is 8.29. The predicted molar refractivity (Wildman–Crippen MR) is 117 cm³/mol. The summed E-state index contributed by atoms with van der Waals surface area (Å²) in [5, 5.41) is 0. The fourth-order valence-corrected chi connectivity index (χ4v) is 4.04. The Bertz CT molecular complexity index is 326. The van der Waals surface area contributed by atoms with E-state index in [-0.39, 0.29) is 0 Å².